The number of carbonyl (C=O) groups excluding carboxylic acids is 1. The molecule has 0 atom stereocenters. The van der Waals surface area contributed by atoms with Gasteiger partial charge in [0.1, 0.15) is 17.1 Å². The zero-order valence-electron chi connectivity index (χ0n) is 12.3. The van der Waals surface area contributed by atoms with Gasteiger partial charge in [-0.2, -0.15) is 0 Å². The molecule has 0 aliphatic carbocycles. The quantitative estimate of drug-likeness (QED) is 0.591. The predicted molar refractivity (Wildman–Crippen MR) is 88.2 cm³/mol. The summed E-state index contributed by atoms with van der Waals surface area (Å²) >= 11 is 1.81. The second-order valence-corrected chi connectivity index (χ2v) is 6.18. The molecule has 114 valence electrons. The molecule has 0 amide bonds. The van der Waals surface area contributed by atoms with Crippen LogP contribution in [0.25, 0.3) is 0 Å². The molecule has 0 fully saturated rings. The minimum atomic E-state index is 0.107. The van der Waals surface area contributed by atoms with E-state index in [1.165, 1.54) is 4.90 Å². The van der Waals surface area contributed by atoms with E-state index in [1.54, 1.807) is 0 Å². The van der Waals surface area contributed by atoms with Crippen LogP contribution in [0.15, 0.2) is 53.4 Å². The highest BCUT2D eigenvalue weighted by atomic mass is 32.2. The van der Waals surface area contributed by atoms with Gasteiger partial charge in [0.2, 0.25) is 0 Å². The third kappa shape index (κ3) is 3.63. The van der Waals surface area contributed by atoms with Gasteiger partial charge < -0.3 is 9.47 Å². The maximum Gasteiger partial charge on any atom is 0.173 e. The summed E-state index contributed by atoms with van der Waals surface area (Å²) in [6, 6.07) is 15.8. The van der Waals surface area contributed by atoms with E-state index < -0.39 is 0 Å². The van der Waals surface area contributed by atoms with Crippen molar-refractivity contribution in [2.75, 3.05) is 19.0 Å². The average molecular weight is 314 g/mol. The first-order valence-electron chi connectivity index (χ1n) is 7.44. The number of hydrogen-bond donors (Lipinski definition) is 0. The molecule has 1 heterocycles. The molecule has 2 aromatic carbocycles. The summed E-state index contributed by atoms with van der Waals surface area (Å²) in [4.78, 5) is 13.3. The number of ketones is 1. The van der Waals surface area contributed by atoms with Crippen molar-refractivity contribution in [1.29, 1.82) is 0 Å². The van der Waals surface area contributed by atoms with Crippen molar-refractivity contribution in [3.8, 4) is 11.5 Å². The lowest BCUT2D eigenvalue weighted by molar-refractivity contribution is 0.0928. The van der Waals surface area contributed by atoms with Crippen molar-refractivity contribution >= 4 is 17.5 Å². The van der Waals surface area contributed by atoms with Gasteiger partial charge in [0.25, 0.3) is 0 Å². The standard InChI is InChI=1S/C18H18O3S/c19-15-10-12-21-17-9-4-8-16(18(15)17)20-11-5-13-22-14-6-2-1-3-7-14/h1-4,6-9H,5,10-13H2. The molecule has 0 unspecified atom stereocenters. The lowest BCUT2D eigenvalue weighted by Gasteiger charge is -2.19. The summed E-state index contributed by atoms with van der Waals surface area (Å²) in [5, 5.41) is 0. The van der Waals surface area contributed by atoms with Gasteiger partial charge in [-0.05, 0) is 30.7 Å². The fourth-order valence-electron chi connectivity index (χ4n) is 2.35. The van der Waals surface area contributed by atoms with Crippen LogP contribution in [0.5, 0.6) is 11.5 Å². The van der Waals surface area contributed by atoms with E-state index >= 15 is 0 Å². The van der Waals surface area contributed by atoms with E-state index in [0.717, 1.165) is 12.2 Å². The summed E-state index contributed by atoms with van der Waals surface area (Å²) in [5.74, 6) is 2.39. The number of fused-ring (bicyclic) bond motifs is 1. The predicted octanol–water partition coefficient (Wildman–Crippen LogP) is 4.21. The van der Waals surface area contributed by atoms with E-state index in [4.69, 9.17) is 9.47 Å². The van der Waals surface area contributed by atoms with Crippen LogP contribution in [-0.2, 0) is 0 Å². The Bertz CT molecular complexity index is 640. The van der Waals surface area contributed by atoms with Crippen LogP contribution < -0.4 is 9.47 Å². The van der Waals surface area contributed by atoms with Crippen LogP contribution in [0.3, 0.4) is 0 Å². The Balaban J connectivity index is 1.51. The van der Waals surface area contributed by atoms with E-state index in [1.807, 2.05) is 48.2 Å². The first kappa shape index (κ1) is 15.0. The number of thioether (sulfide) groups is 1. The summed E-state index contributed by atoms with van der Waals surface area (Å²) in [5.41, 5.74) is 0.601. The molecule has 1 aliphatic rings. The Morgan fingerprint density at radius 2 is 1.95 bits per heavy atom. The number of carbonyl (C=O) groups is 1. The Morgan fingerprint density at radius 1 is 1.09 bits per heavy atom. The van der Waals surface area contributed by atoms with E-state index in [0.29, 0.717) is 36.7 Å². The third-order valence-electron chi connectivity index (χ3n) is 3.41. The zero-order valence-corrected chi connectivity index (χ0v) is 13.1. The number of ether oxygens (including phenoxy) is 2. The number of Topliss-reactive ketones (excluding diaryl/α,β-unsaturated/α-hetero) is 1. The van der Waals surface area contributed by atoms with Crippen LogP contribution in [0.4, 0.5) is 0 Å². The molecular formula is C18H18O3S. The third-order valence-corrected chi connectivity index (χ3v) is 4.51. The van der Waals surface area contributed by atoms with E-state index in [9.17, 15) is 4.79 Å². The van der Waals surface area contributed by atoms with Gasteiger partial charge in [0.15, 0.2) is 5.78 Å². The topological polar surface area (TPSA) is 35.5 Å². The van der Waals surface area contributed by atoms with Gasteiger partial charge in [0, 0.05) is 17.1 Å². The van der Waals surface area contributed by atoms with Crippen molar-refractivity contribution in [1.82, 2.24) is 0 Å². The summed E-state index contributed by atoms with van der Waals surface area (Å²) in [6.45, 7) is 1.06. The Hall–Kier alpha value is -1.94. The molecule has 0 bridgehead atoms. The van der Waals surface area contributed by atoms with Crippen molar-refractivity contribution < 1.29 is 14.3 Å². The Labute approximate surface area is 134 Å². The molecule has 0 N–H and O–H groups in total. The summed E-state index contributed by atoms with van der Waals surface area (Å²) < 4.78 is 11.3. The lowest BCUT2D eigenvalue weighted by Crippen LogP contribution is -2.16. The highest BCUT2D eigenvalue weighted by molar-refractivity contribution is 7.99. The minimum absolute atomic E-state index is 0.107. The Morgan fingerprint density at radius 3 is 2.82 bits per heavy atom. The first-order chi connectivity index (χ1) is 10.8. The fourth-order valence-corrected chi connectivity index (χ4v) is 3.20. The van der Waals surface area contributed by atoms with Crippen LogP contribution in [-0.4, -0.2) is 24.7 Å². The minimum Gasteiger partial charge on any atom is -0.493 e. The molecule has 0 aromatic heterocycles. The van der Waals surface area contributed by atoms with Gasteiger partial charge in [-0.25, -0.2) is 0 Å². The Kier molecular flexibility index (Phi) is 5.01. The maximum absolute atomic E-state index is 12.0. The van der Waals surface area contributed by atoms with Gasteiger partial charge in [-0.15, -0.1) is 11.8 Å². The first-order valence-corrected chi connectivity index (χ1v) is 8.43. The molecule has 4 heteroatoms. The smallest absolute Gasteiger partial charge is 0.173 e. The van der Waals surface area contributed by atoms with Gasteiger partial charge in [-0.3, -0.25) is 4.79 Å². The van der Waals surface area contributed by atoms with Crippen molar-refractivity contribution in [2.24, 2.45) is 0 Å². The van der Waals surface area contributed by atoms with Crippen molar-refractivity contribution in [3.63, 3.8) is 0 Å². The monoisotopic (exact) mass is 314 g/mol. The van der Waals surface area contributed by atoms with E-state index in [-0.39, 0.29) is 5.78 Å². The van der Waals surface area contributed by atoms with Crippen LogP contribution in [0.2, 0.25) is 0 Å². The highest BCUT2D eigenvalue weighted by Crippen LogP contribution is 2.32. The number of hydrogen-bond acceptors (Lipinski definition) is 4. The molecule has 2 aromatic rings. The fraction of sp³-hybridized carbons (Fsp3) is 0.278. The molecule has 22 heavy (non-hydrogen) atoms. The normalized spacial score (nSPS) is 13.4. The molecule has 0 radical (unpaired) electrons. The molecule has 1 aliphatic heterocycles. The van der Waals surface area contributed by atoms with Crippen molar-refractivity contribution in [3.05, 3.63) is 54.1 Å². The average Bonchev–Trinajstić information content (AvgIpc) is 2.56. The zero-order chi connectivity index (χ0) is 15.2. The SMILES string of the molecule is O=C1CCOc2cccc(OCCCSc3ccccc3)c21. The second kappa shape index (κ2) is 7.36. The number of benzene rings is 2. The molecule has 3 nitrogen and oxygen atoms in total. The second-order valence-electron chi connectivity index (χ2n) is 5.01. The molecular weight excluding hydrogens is 296 g/mol. The largest absolute Gasteiger partial charge is 0.493 e. The van der Waals surface area contributed by atoms with Crippen LogP contribution in [0, 0.1) is 0 Å². The van der Waals surface area contributed by atoms with Gasteiger partial charge in [-0.1, -0.05) is 24.3 Å². The van der Waals surface area contributed by atoms with Gasteiger partial charge in [0.05, 0.1) is 13.2 Å². The van der Waals surface area contributed by atoms with Gasteiger partial charge >= 0.3 is 0 Å². The van der Waals surface area contributed by atoms with E-state index in [2.05, 4.69) is 12.1 Å². The summed E-state index contributed by atoms with van der Waals surface area (Å²) in [7, 11) is 0. The number of rotatable bonds is 6. The summed E-state index contributed by atoms with van der Waals surface area (Å²) in [6.07, 6.45) is 1.36. The van der Waals surface area contributed by atoms with Crippen LogP contribution >= 0.6 is 11.8 Å². The maximum atomic E-state index is 12.0. The van der Waals surface area contributed by atoms with Crippen LogP contribution in [0.1, 0.15) is 23.2 Å². The molecule has 0 spiro atoms. The molecule has 0 saturated heterocycles. The lowest BCUT2D eigenvalue weighted by atomic mass is 10.0. The highest BCUT2D eigenvalue weighted by Gasteiger charge is 2.22. The molecule has 0 saturated carbocycles. The molecule has 3 rings (SSSR count). The van der Waals surface area contributed by atoms with Crippen molar-refractivity contribution in [2.45, 2.75) is 17.7 Å².